The van der Waals surface area contributed by atoms with Crippen LogP contribution in [-0.2, 0) is 11.2 Å². The van der Waals surface area contributed by atoms with Crippen molar-refractivity contribution in [3.63, 3.8) is 0 Å². The second-order valence-electron chi connectivity index (χ2n) is 8.10. The summed E-state index contributed by atoms with van der Waals surface area (Å²) in [5.41, 5.74) is 1.57. The summed E-state index contributed by atoms with van der Waals surface area (Å²) in [4.78, 5) is 10.9. The van der Waals surface area contributed by atoms with Crippen molar-refractivity contribution in [3.8, 4) is 11.5 Å². The average Bonchev–Trinajstić information content (AvgIpc) is 3.25. The van der Waals surface area contributed by atoms with E-state index in [1.807, 2.05) is 6.07 Å². The Balaban J connectivity index is 1.51. The van der Waals surface area contributed by atoms with E-state index in [9.17, 15) is 23.8 Å². The van der Waals surface area contributed by atoms with Gasteiger partial charge in [0.15, 0.2) is 6.10 Å². The van der Waals surface area contributed by atoms with Crippen LogP contribution in [0.15, 0.2) is 60.7 Å². The van der Waals surface area contributed by atoms with E-state index in [0.717, 1.165) is 17.2 Å². The Labute approximate surface area is 183 Å². The number of hydrogen-bond acceptors (Lipinski definition) is 5. The standard InChI is InChI=1S/C24H24F2O6/c25-24(26,32-15-6-2-1-3-7-15)20(28)11-10-16-18(27)13-19-22(16)17-8-4-5-14(23(17)31-19)9-12-21(29)30/h1-8,10-11,16,18-20,22,27-28H,9,12-13H2,(H,29,30)/b11-10+/t16-,18+,19-,20+,22-/m0/s1. The number of carboxylic acid groups (broad SMARTS) is 1. The molecular weight excluding hydrogens is 422 g/mol. The molecule has 8 heteroatoms. The van der Waals surface area contributed by atoms with Crippen LogP contribution in [0.1, 0.15) is 29.9 Å². The highest BCUT2D eigenvalue weighted by Crippen LogP contribution is 2.52. The lowest BCUT2D eigenvalue weighted by Gasteiger charge is -2.22. The van der Waals surface area contributed by atoms with Gasteiger partial charge in [0.2, 0.25) is 0 Å². The first-order valence-corrected chi connectivity index (χ1v) is 10.4. The molecular formula is C24H24F2O6. The van der Waals surface area contributed by atoms with Crippen molar-refractivity contribution in [3.05, 3.63) is 71.8 Å². The Bertz CT molecular complexity index is 993. The van der Waals surface area contributed by atoms with Gasteiger partial charge in [0.1, 0.15) is 17.6 Å². The minimum absolute atomic E-state index is 0.0379. The van der Waals surface area contributed by atoms with Crippen LogP contribution in [0, 0.1) is 5.92 Å². The second kappa shape index (κ2) is 8.88. The number of carbonyl (C=O) groups is 1. The topological polar surface area (TPSA) is 96.2 Å². The minimum atomic E-state index is -3.85. The van der Waals surface area contributed by atoms with Gasteiger partial charge >= 0.3 is 12.1 Å². The minimum Gasteiger partial charge on any atom is -0.489 e. The summed E-state index contributed by atoms with van der Waals surface area (Å²) in [6.45, 7) is 0. The lowest BCUT2D eigenvalue weighted by atomic mass is 9.86. The number of halogens is 2. The molecule has 0 aromatic heterocycles. The maximum atomic E-state index is 14.3. The lowest BCUT2D eigenvalue weighted by Crippen LogP contribution is -2.38. The molecule has 3 N–H and O–H groups in total. The molecule has 2 aromatic carbocycles. The first-order chi connectivity index (χ1) is 15.3. The largest absolute Gasteiger partial charge is 0.489 e. The third-order valence-electron chi connectivity index (χ3n) is 5.95. The number of ether oxygens (including phenoxy) is 2. The number of carboxylic acids is 1. The molecule has 5 atom stereocenters. The van der Waals surface area contributed by atoms with Crippen LogP contribution < -0.4 is 9.47 Å². The number of aliphatic carboxylic acids is 1. The van der Waals surface area contributed by atoms with Crippen LogP contribution in [0.25, 0.3) is 0 Å². The van der Waals surface area contributed by atoms with Gasteiger partial charge in [-0.25, -0.2) is 0 Å². The normalized spacial score (nSPS) is 25.2. The Morgan fingerprint density at radius 2 is 1.97 bits per heavy atom. The van der Waals surface area contributed by atoms with Crippen molar-refractivity contribution in [1.29, 1.82) is 0 Å². The third-order valence-corrected chi connectivity index (χ3v) is 5.95. The van der Waals surface area contributed by atoms with Crippen molar-refractivity contribution in [1.82, 2.24) is 0 Å². The monoisotopic (exact) mass is 446 g/mol. The van der Waals surface area contributed by atoms with Crippen molar-refractivity contribution >= 4 is 5.97 Å². The summed E-state index contributed by atoms with van der Waals surface area (Å²) in [5, 5.41) is 29.5. The van der Waals surface area contributed by atoms with Crippen LogP contribution in [0.4, 0.5) is 8.78 Å². The first-order valence-electron chi connectivity index (χ1n) is 10.4. The van der Waals surface area contributed by atoms with E-state index >= 15 is 0 Å². The van der Waals surface area contributed by atoms with E-state index < -0.39 is 30.2 Å². The quantitative estimate of drug-likeness (QED) is 0.537. The van der Waals surface area contributed by atoms with Gasteiger partial charge in [-0.2, -0.15) is 8.78 Å². The molecule has 1 aliphatic carbocycles. The Hall–Kier alpha value is -2.97. The summed E-state index contributed by atoms with van der Waals surface area (Å²) in [6, 6.07) is 12.9. The number of fused-ring (bicyclic) bond motifs is 3. The number of alkyl halides is 2. The van der Waals surface area contributed by atoms with Gasteiger partial charge in [-0.15, -0.1) is 0 Å². The van der Waals surface area contributed by atoms with Crippen molar-refractivity contribution in [2.45, 2.75) is 49.6 Å². The Morgan fingerprint density at radius 1 is 1.22 bits per heavy atom. The smallest absolute Gasteiger partial charge is 0.428 e. The molecule has 0 bridgehead atoms. The van der Waals surface area contributed by atoms with E-state index in [1.165, 1.54) is 18.2 Å². The summed E-state index contributed by atoms with van der Waals surface area (Å²) in [5.74, 6) is -1.20. The van der Waals surface area contributed by atoms with E-state index in [0.29, 0.717) is 18.6 Å². The van der Waals surface area contributed by atoms with Gasteiger partial charge in [0.25, 0.3) is 0 Å². The number of aryl methyl sites for hydroxylation is 1. The number of benzene rings is 2. The molecule has 2 aromatic rings. The van der Waals surface area contributed by atoms with Crippen molar-refractivity contribution in [2.75, 3.05) is 0 Å². The SMILES string of the molecule is O=C(O)CCc1cccc2c1O[C@H]1C[C@@H](O)[C@H](/C=C/[C@@H](O)C(F)(F)Oc3ccccc3)[C@@H]21. The molecule has 1 saturated carbocycles. The van der Waals surface area contributed by atoms with Gasteiger partial charge in [-0.3, -0.25) is 4.79 Å². The van der Waals surface area contributed by atoms with E-state index in [1.54, 1.807) is 30.3 Å². The zero-order chi connectivity index (χ0) is 22.9. The molecule has 1 heterocycles. The highest BCUT2D eigenvalue weighted by atomic mass is 19.3. The van der Waals surface area contributed by atoms with Gasteiger partial charge < -0.3 is 24.8 Å². The Morgan fingerprint density at radius 3 is 2.69 bits per heavy atom. The first kappa shape index (κ1) is 22.2. The number of rotatable bonds is 8. The molecule has 0 unspecified atom stereocenters. The molecule has 6 nitrogen and oxygen atoms in total. The summed E-state index contributed by atoms with van der Waals surface area (Å²) in [7, 11) is 0. The van der Waals surface area contributed by atoms with E-state index in [4.69, 9.17) is 9.84 Å². The molecule has 1 aliphatic heterocycles. The summed E-state index contributed by atoms with van der Waals surface area (Å²) < 4.78 is 39.3. The Kier molecular flexibility index (Phi) is 6.17. The number of para-hydroxylation sites is 2. The van der Waals surface area contributed by atoms with Crippen LogP contribution in [-0.4, -0.2) is 45.7 Å². The van der Waals surface area contributed by atoms with Gasteiger partial charge in [-0.05, 0) is 30.2 Å². The van der Waals surface area contributed by atoms with Crippen LogP contribution in [0.3, 0.4) is 0 Å². The summed E-state index contributed by atoms with van der Waals surface area (Å²) in [6.07, 6.45) is -4.32. The van der Waals surface area contributed by atoms with Crippen LogP contribution in [0.2, 0.25) is 0 Å². The zero-order valence-electron chi connectivity index (χ0n) is 17.1. The zero-order valence-corrected chi connectivity index (χ0v) is 17.1. The molecule has 1 fully saturated rings. The summed E-state index contributed by atoms with van der Waals surface area (Å²) >= 11 is 0. The molecule has 2 aliphatic rings. The highest BCUT2D eigenvalue weighted by molar-refractivity contribution is 5.67. The van der Waals surface area contributed by atoms with Crippen molar-refractivity contribution in [2.24, 2.45) is 5.92 Å². The lowest BCUT2D eigenvalue weighted by molar-refractivity contribution is -0.225. The fourth-order valence-electron chi connectivity index (χ4n) is 4.46. The average molecular weight is 446 g/mol. The maximum absolute atomic E-state index is 14.3. The molecule has 4 rings (SSSR count). The molecule has 0 spiro atoms. The molecule has 0 saturated heterocycles. The van der Waals surface area contributed by atoms with E-state index in [2.05, 4.69) is 4.74 Å². The number of aliphatic hydroxyl groups is 2. The fraction of sp³-hybridized carbons (Fsp3) is 0.375. The molecule has 170 valence electrons. The van der Waals surface area contributed by atoms with Crippen molar-refractivity contribution < 1.29 is 38.4 Å². The van der Waals surface area contributed by atoms with Gasteiger partial charge in [-0.1, -0.05) is 42.5 Å². The predicted molar refractivity (Wildman–Crippen MR) is 111 cm³/mol. The highest BCUT2D eigenvalue weighted by Gasteiger charge is 2.49. The van der Waals surface area contributed by atoms with Crippen LogP contribution in [0.5, 0.6) is 11.5 Å². The van der Waals surface area contributed by atoms with Crippen LogP contribution >= 0.6 is 0 Å². The van der Waals surface area contributed by atoms with Gasteiger partial charge in [0, 0.05) is 30.2 Å². The third kappa shape index (κ3) is 4.47. The molecule has 0 amide bonds. The number of hydrogen-bond donors (Lipinski definition) is 3. The second-order valence-corrected chi connectivity index (χ2v) is 8.10. The fourth-order valence-corrected chi connectivity index (χ4v) is 4.46. The van der Waals surface area contributed by atoms with E-state index in [-0.39, 0.29) is 24.2 Å². The maximum Gasteiger partial charge on any atom is 0.428 e. The van der Waals surface area contributed by atoms with Gasteiger partial charge in [0.05, 0.1) is 6.10 Å². The predicted octanol–water partition coefficient (Wildman–Crippen LogP) is 3.52. The molecule has 0 radical (unpaired) electrons. The number of aliphatic hydroxyl groups excluding tert-OH is 2. The molecule has 32 heavy (non-hydrogen) atoms.